The van der Waals surface area contributed by atoms with E-state index in [9.17, 15) is 0 Å². The minimum absolute atomic E-state index is 0.224. The molecule has 0 saturated heterocycles. The lowest BCUT2D eigenvalue weighted by molar-refractivity contribution is 0.575. The molecule has 6 heteroatoms. The van der Waals surface area contributed by atoms with E-state index in [2.05, 4.69) is 37.1 Å². The molecule has 2 heterocycles. The molecule has 108 valence electrons. The number of pyridine rings is 1. The Morgan fingerprint density at radius 3 is 2.95 bits per heavy atom. The van der Waals surface area contributed by atoms with Crippen molar-refractivity contribution >= 4 is 26.8 Å². The van der Waals surface area contributed by atoms with Crippen LogP contribution in [0.5, 0.6) is 0 Å². The van der Waals surface area contributed by atoms with Crippen molar-refractivity contribution in [1.29, 1.82) is 0 Å². The Bertz CT molecular complexity index is 768. The fourth-order valence-electron chi connectivity index (χ4n) is 2.37. The fourth-order valence-corrected chi connectivity index (χ4v) is 3.00. The summed E-state index contributed by atoms with van der Waals surface area (Å²) < 4.78 is 2.78. The molecule has 0 amide bonds. The molecular formula is C15H16BrN5. The molecule has 1 unspecified atom stereocenters. The summed E-state index contributed by atoms with van der Waals surface area (Å²) in [5, 5.41) is 5.27. The number of fused-ring (bicyclic) bond motifs is 1. The van der Waals surface area contributed by atoms with Crippen molar-refractivity contribution in [2.75, 3.05) is 0 Å². The molecule has 0 fully saturated rings. The first-order valence-electron chi connectivity index (χ1n) is 6.86. The summed E-state index contributed by atoms with van der Waals surface area (Å²) in [6.45, 7) is 2.82. The smallest absolute Gasteiger partial charge is 0.138 e. The molecule has 0 aliphatic rings. The second-order valence-electron chi connectivity index (χ2n) is 4.85. The van der Waals surface area contributed by atoms with Crippen LogP contribution in [0.1, 0.15) is 24.5 Å². The number of nitrogens with zero attached hydrogens (tertiary/aromatic N) is 4. The third kappa shape index (κ3) is 2.82. The number of nitrogens with two attached hydrogens (primary N) is 1. The lowest BCUT2D eigenvalue weighted by Gasteiger charge is -2.14. The number of aromatic nitrogens is 4. The molecule has 1 aromatic carbocycles. The number of benzene rings is 1. The largest absolute Gasteiger partial charge is 0.322 e. The molecule has 0 spiro atoms. The lowest BCUT2D eigenvalue weighted by Crippen LogP contribution is -2.18. The van der Waals surface area contributed by atoms with Crippen molar-refractivity contribution in [3.8, 4) is 0 Å². The van der Waals surface area contributed by atoms with Crippen molar-refractivity contribution in [3.63, 3.8) is 0 Å². The van der Waals surface area contributed by atoms with Crippen LogP contribution in [0.15, 0.2) is 41.1 Å². The molecule has 2 aromatic heterocycles. The van der Waals surface area contributed by atoms with Gasteiger partial charge in [0.1, 0.15) is 12.2 Å². The Hall–Kier alpha value is -1.79. The van der Waals surface area contributed by atoms with Crippen molar-refractivity contribution in [2.24, 2.45) is 5.73 Å². The number of aryl methyl sites for hydroxylation is 1. The maximum atomic E-state index is 6.33. The van der Waals surface area contributed by atoms with Crippen LogP contribution in [0, 0.1) is 0 Å². The van der Waals surface area contributed by atoms with E-state index in [0.717, 1.165) is 33.4 Å². The summed E-state index contributed by atoms with van der Waals surface area (Å²) in [7, 11) is 0. The molecule has 1 atom stereocenters. The zero-order valence-electron chi connectivity index (χ0n) is 11.7. The quantitative estimate of drug-likeness (QED) is 0.789. The maximum Gasteiger partial charge on any atom is 0.138 e. The summed E-state index contributed by atoms with van der Waals surface area (Å²) in [4.78, 5) is 8.95. The van der Waals surface area contributed by atoms with Crippen molar-refractivity contribution in [2.45, 2.75) is 25.9 Å². The molecule has 3 rings (SSSR count). The van der Waals surface area contributed by atoms with E-state index in [-0.39, 0.29) is 6.04 Å². The van der Waals surface area contributed by atoms with Gasteiger partial charge in [0.15, 0.2) is 0 Å². The monoisotopic (exact) mass is 345 g/mol. The van der Waals surface area contributed by atoms with Crippen LogP contribution in [0.4, 0.5) is 0 Å². The van der Waals surface area contributed by atoms with Gasteiger partial charge >= 0.3 is 0 Å². The molecule has 0 saturated carbocycles. The van der Waals surface area contributed by atoms with E-state index in [1.165, 1.54) is 0 Å². The van der Waals surface area contributed by atoms with Crippen LogP contribution in [0.2, 0.25) is 0 Å². The molecule has 5 nitrogen and oxygen atoms in total. The SMILES string of the molecule is CCn1ncnc1CC(N)c1nc2ccccc2cc1Br. The van der Waals surface area contributed by atoms with Gasteiger partial charge in [-0.15, -0.1) is 0 Å². The highest BCUT2D eigenvalue weighted by Crippen LogP contribution is 2.26. The van der Waals surface area contributed by atoms with Crippen LogP contribution < -0.4 is 5.73 Å². The van der Waals surface area contributed by atoms with Gasteiger partial charge in [0.2, 0.25) is 0 Å². The molecule has 0 bridgehead atoms. The Morgan fingerprint density at radius 2 is 2.14 bits per heavy atom. The highest BCUT2D eigenvalue weighted by atomic mass is 79.9. The Kier molecular flexibility index (Phi) is 3.98. The minimum Gasteiger partial charge on any atom is -0.322 e. The van der Waals surface area contributed by atoms with Crippen molar-refractivity contribution in [1.82, 2.24) is 19.7 Å². The van der Waals surface area contributed by atoms with E-state index >= 15 is 0 Å². The second-order valence-corrected chi connectivity index (χ2v) is 5.71. The van der Waals surface area contributed by atoms with Crippen LogP contribution in [0.3, 0.4) is 0 Å². The van der Waals surface area contributed by atoms with Gasteiger partial charge in [0.25, 0.3) is 0 Å². The molecule has 0 aliphatic carbocycles. The number of hydrogen-bond donors (Lipinski definition) is 1. The first-order valence-corrected chi connectivity index (χ1v) is 7.65. The van der Waals surface area contributed by atoms with Gasteiger partial charge in [-0.05, 0) is 35.0 Å². The van der Waals surface area contributed by atoms with Gasteiger partial charge in [-0.1, -0.05) is 18.2 Å². The van der Waals surface area contributed by atoms with E-state index in [4.69, 9.17) is 5.73 Å². The fraction of sp³-hybridized carbons (Fsp3) is 0.267. The lowest BCUT2D eigenvalue weighted by atomic mass is 10.1. The number of halogens is 1. The maximum absolute atomic E-state index is 6.33. The summed E-state index contributed by atoms with van der Waals surface area (Å²) in [6, 6.07) is 9.84. The molecule has 3 aromatic rings. The zero-order chi connectivity index (χ0) is 14.8. The van der Waals surface area contributed by atoms with Gasteiger partial charge in [-0.3, -0.25) is 4.68 Å². The van der Waals surface area contributed by atoms with E-state index in [1.807, 2.05) is 35.9 Å². The van der Waals surface area contributed by atoms with E-state index in [1.54, 1.807) is 6.33 Å². The average Bonchev–Trinajstić information content (AvgIpc) is 2.93. The Labute approximate surface area is 131 Å². The molecule has 0 radical (unpaired) electrons. The van der Waals surface area contributed by atoms with Crippen molar-refractivity contribution in [3.05, 3.63) is 52.7 Å². The standard InChI is InChI=1S/C15H16BrN5/c1-2-21-14(18-9-19-21)8-12(17)15-11(16)7-10-5-3-4-6-13(10)20-15/h3-7,9,12H,2,8,17H2,1H3. The Morgan fingerprint density at radius 1 is 1.33 bits per heavy atom. The Balaban J connectivity index is 1.94. The minimum atomic E-state index is -0.224. The third-order valence-corrected chi connectivity index (χ3v) is 4.09. The highest BCUT2D eigenvalue weighted by Gasteiger charge is 2.16. The van der Waals surface area contributed by atoms with Gasteiger partial charge < -0.3 is 5.73 Å². The number of para-hydroxylation sites is 1. The molecule has 0 aliphatic heterocycles. The molecular weight excluding hydrogens is 330 g/mol. The predicted molar refractivity (Wildman–Crippen MR) is 85.8 cm³/mol. The average molecular weight is 346 g/mol. The van der Waals surface area contributed by atoms with Gasteiger partial charge in [0.05, 0.1) is 17.3 Å². The van der Waals surface area contributed by atoms with Gasteiger partial charge in [-0.2, -0.15) is 5.10 Å². The summed E-state index contributed by atoms with van der Waals surface area (Å²) in [5.41, 5.74) is 8.12. The topological polar surface area (TPSA) is 69.6 Å². The van der Waals surface area contributed by atoms with E-state index < -0.39 is 0 Å². The number of rotatable bonds is 4. The van der Waals surface area contributed by atoms with Gasteiger partial charge in [0, 0.05) is 22.8 Å². The van der Waals surface area contributed by atoms with Crippen LogP contribution >= 0.6 is 15.9 Å². The first kappa shape index (κ1) is 14.2. The predicted octanol–water partition coefficient (Wildman–Crippen LogP) is 2.85. The summed E-state index contributed by atoms with van der Waals surface area (Å²) >= 11 is 3.57. The summed E-state index contributed by atoms with van der Waals surface area (Å²) in [6.07, 6.45) is 2.17. The third-order valence-electron chi connectivity index (χ3n) is 3.45. The second kappa shape index (κ2) is 5.91. The van der Waals surface area contributed by atoms with Crippen LogP contribution in [-0.4, -0.2) is 19.7 Å². The normalized spacial score (nSPS) is 12.7. The zero-order valence-corrected chi connectivity index (χ0v) is 13.3. The summed E-state index contributed by atoms with van der Waals surface area (Å²) in [5.74, 6) is 0.881. The van der Waals surface area contributed by atoms with Crippen LogP contribution in [0.25, 0.3) is 10.9 Å². The van der Waals surface area contributed by atoms with E-state index in [0.29, 0.717) is 6.42 Å². The first-order chi connectivity index (χ1) is 10.2. The van der Waals surface area contributed by atoms with Crippen LogP contribution in [-0.2, 0) is 13.0 Å². The molecule has 2 N–H and O–H groups in total. The molecule has 21 heavy (non-hydrogen) atoms. The van der Waals surface area contributed by atoms with Crippen molar-refractivity contribution < 1.29 is 0 Å². The highest BCUT2D eigenvalue weighted by molar-refractivity contribution is 9.10. The van der Waals surface area contributed by atoms with Gasteiger partial charge in [-0.25, -0.2) is 9.97 Å². The number of hydrogen-bond acceptors (Lipinski definition) is 4.